The zero-order chi connectivity index (χ0) is 12.1. The number of nitrogens with zero attached hydrogens (tertiary/aromatic N) is 1. The van der Waals surface area contributed by atoms with Gasteiger partial charge in [0.05, 0.1) is 5.54 Å². The van der Waals surface area contributed by atoms with E-state index in [-0.39, 0.29) is 17.0 Å². The Morgan fingerprint density at radius 1 is 1.29 bits per heavy atom. The van der Waals surface area contributed by atoms with Gasteiger partial charge < -0.3 is 5.32 Å². The lowest BCUT2D eigenvalue weighted by Gasteiger charge is -2.60. The minimum atomic E-state index is -0.214. The first kappa shape index (κ1) is 11.0. The van der Waals surface area contributed by atoms with Gasteiger partial charge in [0, 0.05) is 12.5 Å². The van der Waals surface area contributed by atoms with E-state index in [2.05, 4.69) is 10.3 Å². The van der Waals surface area contributed by atoms with Gasteiger partial charge in [-0.1, -0.05) is 0 Å². The van der Waals surface area contributed by atoms with Gasteiger partial charge in [0.25, 0.3) is 0 Å². The van der Waals surface area contributed by atoms with Gasteiger partial charge in [-0.05, 0) is 50.4 Å². The molecule has 4 bridgehead atoms. The molecule has 1 amide bonds. The maximum Gasteiger partial charge on any atom is 0.235 e. The summed E-state index contributed by atoms with van der Waals surface area (Å²) in [6.45, 7) is 1.58. The fraction of sp³-hybridized carbons (Fsp3) is 0.846. The summed E-state index contributed by atoms with van der Waals surface area (Å²) in [7, 11) is 0. The highest BCUT2D eigenvalue weighted by Gasteiger charge is 2.58. The number of isocyanates is 1. The van der Waals surface area contributed by atoms with Gasteiger partial charge in [0.15, 0.2) is 0 Å². The van der Waals surface area contributed by atoms with E-state index in [9.17, 15) is 9.59 Å². The molecule has 4 saturated carbocycles. The topological polar surface area (TPSA) is 58.5 Å². The SMILES string of the molecule is CC(=O)NC12CC3CC(CC(N=C=O)(C3)C1)C2. The van der Waals surface area contributed by atoms with E-state index in [1.165, 1.54) is 6.42 Å². The van der Waals surface area contributed by atoms with Crippen LogP contribution in [0.15, 0.2) is 4.99 Å². The van der Waals surface area contributed by atoms with E-state index in [1.807, 2.05) is 0 Å². The van der Waals surface area contributed by atoms with Crippen LogP contribution in [0.4, 0.5) is 0 Å². The number of nitrogens with one attached hydrogen (secondary N) is 1. The van der Waals surface area contributed by atoms with Gasteiger partial charge in [0.2, 0.25) is 12.0 Å². The number of amides is 1. The fourth-order valence-electron chi connectivity index (χ4n) is 4.96. The molecule has 0 aromatic carbocycles. The largest absolute Gasteiger partial charge is 0.351 e. The lowest BCUT2D eigenvalue weighted by atomic mass is 9.50. The van der Waals surface area contributed by atoms with Gasteiger partial charge in [-0.25, -0.2) is 4.79 Å². The van der Waals surface area contributed by atoms with Crippen LogP contribution in [0.25, 0.3) is 0 Å². The Morgan fingerprint density at radius 3 is 2.47 bits per heavy atom. The number of rotatable bonds is 2. The molecule has 4 nitrogen and oxygen atoms in total. The van der Waals surface area contributed by atoms with Crippen LogP contribution in [-0.4, -0.2) is 23.1 Å². The lowest BCUT2D eigenvalue weighted by Crippen LogP contribution is -2.64. The Labute approximate surface area is 101 Å². The van der Waals surface area contributed by atoms with Crippen molar-refractivity contribution in [2.45, 2.75) is 56.5 Å². The molecule has 4 aliphatic rings. The number of hydrogen-bond acceptors (Lipinski definition) is 3. The van der Waals surface area contributed by atoms with Crippen molar-refractivity contribution >= 4 is 12.0 Å². The number of carbonyl (C=O) groups is 1. The predicted octanol–water partition coefficient (Wildman–Crippen LogP) is 1.55. The Kier molecular flexibility index (Phi) is 2.21. The van der Waals surface area contributed by atoms with Crippen molar-refractivity contribution in [3.8, 4) is 0 Å². The van der Waals surface area contributed by atoms with Crippen molar-refractivity contribution in [1.29, 1.82) is 0 Å². The lowest BCUT2D eigenvalue weighted by molar-refractivity contribution is -0.125. The summed E-state index contributed by atoms with van der Waals surface area (Å²) in [4.78, 5) is 26.1. The molecule has 0 heterocycles. The van der Waals surface area contributed by atoms with Crippen LogP contribution in [0, 0.1) is 11.8 Å². The predicted molar refractivity (Wildman–Crippen MR) is 62.1 cm³/mol. The third-order valence-electron chi connectivity index (χ3n) is 4.75. The van der Waals surface area contributed by atoms with Crippen LogP contribution < -0.4 is 5.32 Å². The van der Waals surface area contributed by atoms with Crippen LogP contribution in [0.3, 0.4) is 0 Å². The Balaban J connectivity index is 1.94. The molecule has 4 heteroatoms. The molecular formula is C13H18N2O2. The maximum atomic E-state index is 11.4. The molecule has 0 saturated heterocycles. The summed E-state index contributed by atoms with van der Waals surface area (Å²) in [6, 6.07) is 0. The summed E-state index contributed by atoms with van der Waals surface area (Å²) in [6.07, 6.45) is 8.01. The van der Waals surface area contributed by atoms with Gasteiger partial charge in [-0.3, -0.25) is 4.79 Å². The minimum absolute atomic E-state index is 0.0391. The second kappa shape index (κ2) is 3.42. The van der Waals surface area contributed by atoms with Crippen LogP contribution in [0.2, 0.25) is 0 Å². The maximum absolute atomic E-state index is 11.4. The molecule has 4 fully saturated rings. The Hall–Kier alpha value is -1.15. The smallest absolute Gasteiger partial charge is 0.235 e. The van der Waals surface area contributed by atoms with Crippen LogP contribution in [0.5, 0.6) is 0 Å². The number of hydrogen-bond donors (Lipinski definition) is 1. The molecule has 2 unspecified atom stereocenters. The van der Waals surface area contributed by atoms with Gasteiger partial charge >= 0.3 is 0 Å². The van der Waals surface area contributed by atoms with Crippen molar-refractivity contribution in [3.63, 3.8) is 0 Å². The van der Waals surface area contributed by atoms with E-state index in [0.717, 1.165) is 32.1 Å². The van der Waals surface area contributed by atoms with E-state index < -0.39 is 0 Å². The van der Waals surface area contributed by atoms with E-state index in [0.29, 0.717) is 11.8 Å². The molecular weight excluding hydrogens is 216 g/mol. The number of aliphatic imine (C=N–C) groups is 1. The summed E-state index contributed by atoms with van der Waals surface area (Å²) >= 11 is 0. The summed E-state index contributed by atoms with van der Waals surface area (Å²) < 4.78 is 0. The van der Waals surface area contributed by atoms with Crippen LogP contribution in [-0.2, 0) is 9.59 Å². The van der Waals surface area contributed by atoms with Gasteiger partial charge in [-0.2, -0.15) is 4.99 Å². The van der Waals surface area contributed by atoms with E-state index >= 15 is 0 Å². The first-order valence-electron chi connectivity index (χ1n) is 6.43. The van der Waals surface area contributed by atoms with Gasteiger partial charge in [-0.15, -0.1) is 0 Å². The molecule has 1 N–H and O–H groups in total. The number of carbonyl (C=O) groups excluding carboxylic acids is 2. The second-order valence-corrected chi connectivity index (χ2v) is 6.35. The van der Waals surface area contributed by atoms with Crippen LogP contribution >= 0.6 is 0 Å². The summed E-state index contributed by atoms with van der Waals surface area (Å²) in [5, 5.41) is 3.14. The molecule has 17 heavy (non-hydrogen) atoms. The highest BCUT2D eigenvalue weighted by Crippen LogP contribution is 2.58. The average molecular weight is 234 g/mol. The third kappa shape index (κ3) is 1.71. The Morgan fingerprint density at radius 2 is 1.94 bits per heavy atom. The van der Waals surface area contributed by atoms with Gasteiger partial charge in [0.1, 0.15) is 0 Å². The highest BCUT2D eigenvalue weighted by molar-refractivity contribution is 5.74. The van der Waals surface area contributed by atoms with Crippen molar-refractivity contribution in [1.82, 2.24) is 5.32 Å². The molecule has 2 atom stereocenters. The molecule has 4 aliphatic carbocycles. The third-order valence-corrected chi connectivity index (χ3v) is 4.75. The molecule has 4 rings (SSSR count). The Bertz CT molecular complexity index is 398. The zero-order valence-electron chi connectivity index (χ0n) is 10.2. The quantitative estimate of drug-likeness (QED) is 0.582. The van der Waals surface area contributed by atoms with Crippen molar-refractivity contribution in [2.75, 3.05) is 0 Å². The van der Waals surface area contributed by atoms with Crippen molar-refractivity contribution < 1.29 is 9.59 Å². The van der Waals surface area contributed by atoms with E-state index in [4.69, 9.17) is 0 Å². The van der Waals surface area contributed by atoms with Crippen molar-refractivity contribution in [3.05, 3.63) is 0 Å². The summed E-state index contributed by atoms with van der Waals surface area (Å²) in [5.41, 5.74) is -0.301. The molecule has 0 radical (unpaired) electrons. The molecule has 0 spiro atoms. The zero-order valence-corrected chi connectivity index (χ0v) is 10.2. The molecule has 0 aromatic heterocycles. The molecule has 0 aromatic rings. The standard InChI is InChI=1S/C13H18N2O2/c1-9(17)15-13-5-10-2-11(6-13)4-12(3-10,7-13)14-8-16/h10-11H,2-7H2,1H3,(H,15,17). The normalized spacial score (nSPS) is 46.4. The average Bonchev–Trinajstić information content (AvgIpc) is 2.11. The monoisotopic (exact) mass is 234 g/mol. The fourth-order valence-corrected chi connectivity index (χ4v) is 4.96. The highest BCUT2D eigenvalue weighted by atomic mass is 16.1. The van der Waals surface area contributed by atoms with Crippen LogP contribution in [0.1, 0.15) is 45.4 Å². The minimum Gasteiger partial charge on any atom is -0.351 e. The first-order valence-corrected chi connectivity index (χ1v) is 6.43. The second-order valence-electron chi connectivity index (χ2n) is 6.35. The first-order chi connectivity index (χ1) is 8.05. The van der Waals surface area contributed by atoms with E-state index in [1.54, 1.807) is 13.0 Å². The summed E-state index contributed by atoms with van der Waals surface area (Å²) in [5.74, 6) is 1.29. The van der Waals surface area contributed by atoms with Crippen molar-refractivity contribution in [2.24, 2.45) is 16.8 Å². The molecule has 92 valence electrons. The molecule has 0 aliphatic heterocycles.